The first kappa shape index (κ1) is 12.8. The molecule has 4 nitrogen and oxygen atoms in total. The van der Waals surface area contributed by atoms with Crippen LogP contribution in [-0.4, -0.2) is 25.5 Å². The van der Waals surface area contributed by atoms with Crippen molar-refractivity contribution in [2.24, 2.45) is 0 Å². The van der Waals surface area contributed by atoms with Gasteiger partial charge in [-0.2, -0.15) is 0 Å². The molecule has 0 N–H and O–H groups in total. The molecule has 17 heavy (non-hydrogen) atoms. The highest BCUT2D eigenvalue weighted by molar-refractivity contribution is 5.88. The molecule has 1 aromatic rings. The first-order valence-corrected chi connectivity index (χ1v) is 5.10. The van der Waals surface area contributed by atoms with E-state index in [0.29, 0.717) is 24.2 Å². The maximum Gasteiger partial charge on any atom is 0.384 e. The molecule has 88 valence electrons. The molecule has 0 atom stereocenters. The Hall–Kier alpha value is -2.28. The molecule has 0 saturated heterocycles. The molecule has 1 aromatic carbocycles. The predicted molar refractivity (Wildman–Crippen MR) is 61.7 cm³/mol. The Balaban J connectivity index is 2.51. The topological polar surface area (TPSA) is 52.6 Å². The largest absolute Gasteiger partial charge is 0.480 e. The van der Waals surface area contributed by atoms with E-state index < -0.39 is 5.97 Å². The fourth-order valence-electron chi connectivity index (χ4n) is 1.10. The van der Waals surface area contributed by atoms with Gasteiger partial charge in [0, 0.05) is 5.92 Å². The Bertz CT molecular complexity index is 454. The van der Waals surface area contributed by atoms with Crippen LogP contribution < -0.4 is 4.74 Å². The van der Waals surface area contributed by atoms with Gasteiger partial charge in [-0.3, -0.25) is 4.79 Å². The number of carbonyl (C=O) groups is 2. The highest BCUT2D eigenvalue weighted by atomic mass is 16.5. The first-order valence-electron chi connectivity index (χ1n) is 5.10. The molecule has 1 rings (SSSR count). The number of esters is 1. The van der Waals surface area contributed by atoms with Gasteiger partial charge in [0.25, 0.3) is 0 Å². The molecular formula is C13H12O4. The Morgan fingerprint density at radius 1 is 1.41 bits per heavy atom. The van der Waals surface area contributed by atoms with E-state index in [1.807, 2.05) is 0 Å². The lowest BCUT2D eigenvalue weighted by Gasteiger charge is -2.03. The van der Waals surface area contributed by atoms with E-state index in [2.05, 4.69) is 16.6 Å². The summed E-state index contributed by atoms with van der Waals surface area (Å²) in [5, 5.41) is 0. The quantitative estimate of drug-likeness (QED) is 0.341. The zero-order valence-electron chi connectivity index (χ0n) is 9.43. The minimum atomic E-state index is -0.584. The van der Waals surface area contributed by atoms with Crippen molar-refractivity contribution in [3.05, 3.63) is 29.8 Å². The molecule has 0 aliphatic carbocycles. The number of ether oxygens (including phenoxy) is 2. The lowest BCUT2D eigenvalue weighted by molar-refractivity contribution is -0.136. The fourth-order valence-corrected chi connectivity index (χ4v) is 1.10. The van der Waals surface area contributed by atoms with Crippen LogP contribution in [0.1, 0.15) is 17.3 Å². The van der Waals surface area contributed by atoms with Crippen LogP contribution in [0.25, 0.3) is 0 Å². The van der Waals surface area contributed by atoms with Crippen LogP contribution in [-0.2, 0) is 9.53 Å². The molecule has 0 aromatic heterocycles. The molecule has 0 radical (unpaired) electrons. The van der Waals surface area contributed by atoms with Gasteiger partial charge in [-0.1, -0.05) is 12.1 Å². The third kappa shape index (κ3) is 4.39. The maximum absolute atomic E-state index is 10.9. The second-order valence-corrected chi connectivity index (χ2v) is 2.97. The fraction of sp³-hybridized carbons (Fsp3) is 0.231. The van der Waals surface area contributed by atoms with Gasteiger partial charge in [0.2, 0.25) is 0 Å². The van der Waals surface area contributed by atoms with E-state index in [-0.39, 0.29) is 6.61 Å². The summed E-state index contributed by atoms with van der Waals surface area (Å²) < 4.78 is 9.86. The molecular weight excluding hydrogens is 220 g/mol. The molecule has 0 unspecified atom stereocenters. The Morgan fingerprint density at radius 3 is 2.88 bits per heavy atom. The van der Waals surface area contributed by atoms with Crippen molar-refractivity contribution in [2.45, 2.75) is 6.92 Å². The van der Waals surface area contributed by atoms with Gasteiger partial charge in [0.1, 0.15) is 12.4 Å². The lowest BCUT2D eigenvalue weighted by Crippen LogP contribution is -2.02. The van der Waals surface area contributed by atoms with Gasteiger partial charge in [-0.05, 0) is 25.0 Å². The molecule has 0 saturated carbocycles. The number of carbonyl (C=O) groups excluding carboxylic acids is 2. The lowest BCUT2D eigenvalue weighted by atomic mass is 10.2. The van der Waals surface area contributed by atoms with Gasteiger partial charge in [0.15, 0.2) is 6.29 Å². The van der Waals surface area contributed by atoms with Gasteiger partial charge in [-0.15, -0.1) is 0 Å². The van der Waals surface area contributed by atoms with Crippen LogP contribution in [0.4, 0.5) is 0 Å². The van der Waals surface area contributed by atoms with Gasteiger partial charge < -0.3 is 9.47 Å². The summed E-state index contributed by atoms with van der Waals surface area (Å²) in [5.41, 5.74) is 0.449. The van der Waals surface area contributed by atoms with Crippen LogP contribution in [0.2, 0.25) is 0 Å². The monoisotopic (exact) mass is 232 g/mol. The van der Waals surface area contributed by atoms with Gasteiger partial charge in [0.05, 0.1) is 12.2 Å². The van der Waals surface area contributed by atoms with Gasteiger partial charge >= 0.3 is 5.97 Å². The third-order valence-corrected chi connectivity index (χ3v) is 1.81. The van der Waals surface area contributed by atoms with Crippen LogP contribution in [0, 0.1) is 11.8 Å². The average Bonchev–Trinajstić information content (AvgIpc) is 2.35. The van der Waals surface area contributed by atoms with Crippen molar-refractivity contribution in [1.29, 1.82) is 0 Å². The van der Waals surface area contributed by atoms with Crippen molar-refractivity contribution in [1.82, 2.24) is 0 Å². The zero-order chi connectivity index (χ0) is 12.5. The predicted octanol–water partition coefficient (Wildman–Crippen LogP) is 1.44. The van der Waals surface area contributed by atoms with Crippen molar-refractivity contribution >= 4 is 12.3 Å². The summed E-state index contributed by atoms with van der Waals surface area (Å²) in [5.74, 6) is 4.64. The number of hydrogen-bond donors (Lipinski definition) is 0. The summed E-state index contributed by atoms with van der Waals surface area (Å²) in [7, 11) is 0. The Kier molecular flexibility index (Phi) is 5.32. The maximum atomic E-state index is 10.9. The number of aldehydes is 1. The highest BCUT2D eigenvalue weighted by Gasteiger charge is 1.99. The van der Waals surface area contributed by atoms with Crippen molar-refractivity contribution in [2.75, 3.05) is 13.2 Å². The smallest absolute Gasteiger partial charge is 0.384 e. The summed E-state index contributed by atoms with van der Waals surface area (Å²) >= 11 is 0. The summed E-state index contributed by atoms with van der Waals surface area (Å²) in [6.45, 7) is 2.03. The van der Waals surface area contributed by atoms with Crippen LogP contribution in [0.15, 0.2) is 24.3 Å². The second-order valence-electron chi connectivity index (χ2n) is 2.97. The van der Waals surface area contributed by atoms with Crippen LogP contribution >= 0.6 is 0 Å². The summed E-state index contributed by atoms with van der Waals surface area (Å²) in [6.07, 6.45) is 0.702. The Morgan fingerprint density at radius 2 is 2.18 bits per heavy atom. The van der Waals surface area contributed by atoms with Crippen molar-refractivity contribution < 1.29 is 19.1 Å². The number of para-hydroxylation sites is 1. The standard InChI is InChI=1S/C13H12O4/c1-2-16-13(15)8-5-9-17-12-7-4-3-6-11(12)10-14/h3-4,6-7,10H,2,9H2,1H3. The van der Waals surface area contributed by atoms with E-state index in [0.717, 1.165) is 0 Å². The van der Waals surface area contributed by atoms with E-state index in [1.54, 1.807) is 31.2 Å². The highest BCUT2D eigenvalue weighted by Crippen LogP contribution is 2.14. The van der Waals surface area contributed by atoms with Gasteiger partial charge in [-0.25, -0.2) is 4.79 Å². The molecule has 0 heterocycles. The molecule has 0 aliphatic rings. The van der Waals surface area contributed by atoms with E-state index in [9.17, 15) is 9.59 Å². The average molecular weight is 232 g/mol. The molecule has 0 aliphatic heterocycles. The minimum Gasteiger partial charge on any atom is -0.480 e. The van der Waals surface area contributed by atoms with Crippen molar-refractivity contribution in [3.8, 4) is 17.6 Å². The van der Waals surface area contributed by atoms with E-state index in [4.69, 9.17) is 4.74 Å². The zero-order valence-corrected chi connectivity index (χ0v) is 9.43. The molecule has 4 heteroatoms. The first-order chi connectivity index (χ1) is 8.27. The second kappa shape index (κ2) is 7.07. The normalized spacial score (nSPS) is 8.76. The van der Waals surface area contributed by atoms with E-state index >= 15 is 0 Å². The van der Waals surface area contributed by atoms with Crippen LogP contribution in [0.3, 0.4) is 0 Å². The molecule has 0 bridgehead atoms. The molecule has 0 fully saturated rings. The van der Waals surface area contributed by atoms with E-state index in [1.165, 1.54) is 0 Å². The number of rotatable bonds is 4. The molecule has 0 amide bonds. The number of hydrogen-bond acceptors (Lipinski definition) is 4. The molecule has 0 spiro atoms. The minimum absolute atomic E-state index is 0.0314. The van der Waals surface area contributed by atoms with Crippen LogP contribution in [0.5, 0.6) is 5.75 Å². The Labute approximate surface area is 99.5 Å². The third-order valence-electron chi connectivity index (χ3n) is 1.81. The summed E-state index contributed by atoms with van der Waals surface area (Å²) in [4.78, 5) is 21.5. The number of benzene rings is 1. The summed E-state index contributed by atoms with van der Waals surface area (Å²) in [6, 6.07) is 6.79. The van der Waals surface area contributed by atoms with Crippen molar-refractivity contribution in [3.63, 3.8) is 0 Å². The SMILES string of the molecule is CCOC(=O)C#CCOc1ccccc1C=O.